The van der Waals surface area contributed by atoms with Gasteiger partial charge in [0.1, 0.15) is 5.82 Å². The van der Waals surface area contributed by atoms with Gasteiger partial charge in [-0.15, -0.1) is 0 Å². The second-order valence-electron chi connectivity index (χ2n) is 6.64. The number of carbonyl (C=O) groups is 2. The topological polar surface area (TPSA) is 108 Å². The number of rotatable bonds is 6. The lowest BCUT2D eigenvalue weighted by Gasteiger charge is -2.31. The van der Waals surface area contributed by atoms with E-state index in [0.717, 1.165) is 0 Å². The van der Waals surface area contributed by atoms with Crippen LogP contribution < -0.4 is 10.6 Å². The molecular formula is C19H21ClN4O4S. The first-order valence-corrected chi connectivity index (χ1v) is 10.9. The van der Waals surface area contributed by atoms with Crippen molar-refractivity contribution in [3.05, 3.63) is 53.7 Å². The molecule has 10 heteroatoms. The fraction of sp³-hybridized carbons (Fsp3) is 0.316. The highest BCUT2D eigenvalue weighted by atomic mass is 35.5. The Morgan fingerprint density at radius 2 is 1.93 bits per heavy atom. The predicted octanol–water partition coefficient (Wildman–Crippen LogP) is 1.89. The van der Waals surface area contributed by atoms with Gasteiger partial charge >= 0.3 is 0 Å². The normalized spacial score (nSPS) is 17.5. The van der Waals surface area contributed by atoms with Gasteiger partial charge in [0.2, 0.25) is 21.8 Å². The summed E-state index contributed by atoms with van der Waals surface area (Å²) in [5.74, 6) is -0.881. The molecule has 0 aliphatic carbocycles. The highest BCUT2D eigenvalue weighted by Crippen LogP contribution is 2.24. The number of carbonyl (C=O) groups excluding carboxylic acids is 2. The summed E-state index contributed by atoms with van der Waals surface area (Å²) in [4.78, 5) is 28.5. The number of piperidine rings is 1. The van der Waals surface area contributed by atoms with Crippen LogP contribution in [0.5, 0.6) is 0 Å². The van der Waals surface area contributed by atoms with Crippen LogP contribution in [0, 0.1) is 5.92 Å². The third-order valence-corrected chi connectivity index (χ3v) is 6.69. The van der Waals surface area contributed by atoms with E-state index in [4.69, 9.17) is 11.6 Å². The number of halogens is 1. The Labute approximate surface area is 174 Å². The van der Waals surface area contributed by atoms with Crippen LogP contribution >= 0.6 is 11.6 Å². The standard InChI is InChI=1S/C19H21ClN4O4S/c20-15-6-8-16(9-7-15)29(27,28)24-11-3-4-14(13-24)19(26)22-12-18(25)23-17-5-1-2-10-21-17/h1-2,5-10,14H,3-4,11-13H2,(H,22,26)(H,21,23,25)/t14-/m1/s1. The van der Waals surface area contributed by atoms with E-state index in [2.05, 4.69) is 15.6 Å². The minimum atomic E-state index is -3.71. The molecule has 2 amide bonds. The summed E-state index contributed by atoms with van der Waals surface area (Å²) in [7, 11) is -3.71. The maximum atomic E-state index is 12.8. The van der Waals surface area contributed by atoms with E-state index < -0.39 is 21.8 Å². The minimum Gasteiger partial charge on any atom is -0.347 e. The third kappa shape index (κ3) is 5.53. The zero-order valence-corrected chi connectivity index (χ0v) is 17.1. The molecule has 154 valence electrons. The number of anilines is 1. The second kappa shape index (κ2) is 9.34. The summed E-state index contributed by atoms with van der Waals surface area (Å²) in [5, 5.41) is 5.60. The Kier molecular flexibility index (Phi) is 6.83. The summed E-state index contributed by atoms with van der Waals surface area (Å²) < 4.78 is 26.9. The van der Waals surface area contributed by atoms with E-state index in [0.29, 0.717) is 30.2 Å². The van der Waals surface area contributed by atoms with E-state index in [1.807, 2.05) is 0 Å². The van der Waals surface area contributed by atoms with Crippen LogP contribution in [0.2, 0.25) is 5.02 Å². The van der Waals surface area contributed by atoms with Crippen molar-refractivity contribution >= 4 is 39.3 Å². The molecule has 2 heterocycles. The molecular weight excluding hydrogens is 416 g/mol. The number of nitrogens with one attached hydrogen (secondary N) is 2. The smallest absolute Gasteiger partial charge is 0.244 e. The van der Waals surface area contributed by atoms with Gasteiger partial charge in [-0.25, -0.2) is 13.4 Å². The summed E-state index contributed by atoms with van der Waals surface area (Å²) in [6, 6.07) is 11.0. The zero-order valence-electron chi connectivity index (χ0n) is 15.5. The van der Waals surface area contributed by atoms with Crippen molar-refractivity contribution in [1.29, 1.82) is 0 Å². The molecule has 29 heavy (non-hydrogen) atoms. The maximum absolute atomic E-state index is 12.8. The summed E-state index contributed by atoms with van der Waals surface area (Å²) >= 11 is 5.83. The van der Waals surface area contributed by atoms with E-state index in [9.17, 15) is 18.0 Å². The lowest BCUT2D eigenvalue weighted by Crippen LogP contribution is -2.46. The maximum Gasteiger partial charge on any atom is 0.244 e. The van der Waals surface area contributed by atoms with Crippen molar-refractivity contribution in [3.8, 4) is 0 Å². The van der Waals surface area contributed by atoms with E-state index >= 15 is 0 Å². The fourth-order valence-corrected chi connectivity index (χ4v) is 4.72. The van der Waals surface area contributed by atoms with Crippen LogP contribution in [0.1, 0.15) is 12.8 Å². The van der Waals surface area contributed by atoms with Crippen LogP contribution in [-0.4, -0.2) is 49.2 Å². The Morgan fingerprint density at radius 1 is 1.17 bits per heavy atom. The Bertz CT molecular complexity index is 967. The molecule has 0 saturated carbocycles. The molecule has 1 atom stereocenters. The van der Waals surface area contributed by atoms with Crippen LogP contribution in [0.4, 0.5) is 5.82 Å². The molecule has 1 aromatic heterocycles. The van der Waals surface area contributed by atoms with Crippen LogP contribution in [0.25, 0.3) is 0 Å². The van der Waals surface area contributed by atoms with Crippen molar-refractivity contribution in [2.24, 2.45) is 5.92 Å². The van der Waals surface area contributed by atoms with Gasteiger partial charge in [-0.3, -0.25) is 9.59 Å². The molecule has 8 nitrogen and oxygen atoms in total. The van der Waals surface area contributed by atoms with Crippen molar-refractivity contribution in [1.82, 2.24) is 14.6 Å². The molecule has 3 rings (SSSR count). The molecule has 0 spiro atoms. The third-order valence-electron chi connectivity index (χ3n) is 4.56. The SMILES string of the molecule is O=C(CNC(=O)[C@@H]1CCCN(S(=O)(=O)c2ccc(Cl)cc2)C1)Nc1ccccn1. The number of amides is 2. The first-order chi connectivity index (χ1) is 13.9. The fourth-order valence-electron chi connectivity index (χ4n) is 3.07. The molecule has 1 saturated heterocycles. The van der Waals surface area contributed by atoms with E-state index in [1.54, 1.807) is 24.4 Å². The molecule has 0 unspecified atom stereocenters. The highest BCUT2D eigenvalue weighted by Gasteiger charge is 2.33. The minimum absolute atomic E-state index is 0.0681. The Morgan fingerprint density at radius 3 is 2.62 bits per heavy atom. The summed E-state index contributed by atoms with van der Waals surface area (Å²) in [6.07, 6.45) is 2.66. The number of hydrogen-bond acceptors (Lipinski definition) is 5. The predicted molar refractivity (Wildman–Crippen MR) is 109 cm³/mol. The average molecular weight is 437 g/mol. The largest absolute Gasteiger partial charge is 0.347 e. The lowest BCUT2D eigenvalue weighted by atomic mass is 9.99. The first-order valence-electron chi connectivity index (χ1n) is 9.10. The highest BCUT2D eigenvalue weighted by molar-refractivity contribution is 7.89. The second-order valence-corrected chi connectivity index (χ2v) is 9.01. The van der Waals surface area contributed by atoms with Gasteiger partial charge in [-0.1, -0.05) is 17.7 Å². The van der Waals surface area contributed by atoms with Gasteiger partial charge in [-0.05, 0) is 49.2 Å². The molecule has 0 bridgehead atoms. The molecule has 2 aromatic rings. The molecule has 1 aliphatic heterocycles. The van der Waals surface area contributed by atoms with Gasteiger partial charge in [0, 0.05) is 24.3 Å². The quantitative estimate of drug-likeness (QED) is 0.718. The van der Waals surface area contributed by atoms with Gasteiger partial charge in [-0.2, -0.15) is 4.31 Å². The van der Waals surface area contributed by atoms with Crippen molar-refractivity contribution < 1.29 is 18.0 Å². The van der Waals surface area contributed by atoms with E-state index in [1.165, 1.54) is 28.6 Å². The van der Waals surface area contributed by atoms with Gasteiger partial charge < -0.3 is 10.6 Å². The average Bonchev–Trinajstić information content (AvgIpc) is 2.73. The van der Waals surface area contributed by atoms with Crippen LogP contribution in [-0.2, 0) is 19.6 Å². The molecule has 0 radical (unpaired) electrons. The van der Waals surface area contributed by atoms with Gasteiger partial charge in [0.25, 0.3) is 0 Å². The number of hydrogen-bond donors (Lipinski definition) is 2. The summed E-state index contributed by atoms with van der Waals surface area (Å²) in [5.41, 5.74) is 0. The molecule has 1 aromatic carbocycles. The monoisotopic (exact) mass is 436 g/mol. The Balaban J connectivity index is 1.56. The van der Waals surface area contributed by atoms with Crippen molar-refractivity contribution in [3.63, 3.8) is 0 Å². The van der Waals surface area contributed by atoms with Crippen LogP contribution in [0.3, 0.4) is 0 Å². The number of sulfonamides is 1. The van der Waals surface area contributed by atoms with Crippen molar-refractivity contribution in [2.45, 2.75) is 17.7 Å². The number of nitrogens with zero attached hydrogens (tertiary/aromatic N) is 2. The molecule has 1 aliphatic rings. The van der Waals surface area contributed by atoms with Gasteiger partial charge in [0.05, 0.1) is 17.4 Å². The number of benzene rings is 1. The lowest BCUT2D eigenvalue weighted by molar-refractivity contribution is -0.128. The number of aromatic nitrogens is 1. The first kappa shape index (κ1) is 21.2. The zero-order chi connectivity index (χ0) is 20.9. The van der Waals surface area contributed by atoms with E-state index in [-0.39, 0.29) is 23.9 Å². The van der Waals surface area contributed by atoms with Crippen molar-refractivity contribution in [2.75, 3.05) is 25.0 Å². The molecule has 2 N–H and O–H groups in total. The van der Waals surface area contributed by atoms with Gasteiger partial charge in [0.15, 0.2) is 0 Å². The number of pyridine rings is 1. The molecule has 1 fully saturated rings. The Hall–Kier alpha value is -2.49. The van der Waals surface area contributed by atoms with Crippen LogP contribution in [0.15, 0.2) is 53.6 Å². The summed E-state index contributed by atoms with van der Waals surface area (Å²) in [6.45, 7) is 0.198.